The van der Waals surface area contributed by atoms with Crippen molar-refractivity contribution in [2.75, 3.05) is 7.05 Å². The highest BCUT2D eigenvalue weighted by Crippen LogP contribution is 2.23. The Balaban J connectivity index is 2.79. The van der Waals surface area contributed by atoms with Crippen LogP contribution >= 0.6 is 0 Å². The van der Waals surface area contributed by atoms with E-state index >= 15 is 0 Å². The molecule has 6 nitrogen and oxygen atoms in total. The Morgan fingerprint density at radius 3 is 2.94 bits per heavy atom. The van der Waals surface area contributed by atoms with Crippen LogP contribution in [0.25, 0.3) is 0 Å². The molecule has 0 radical (unpaired) electrons. The third-order valence-corrected chi connectivity index (χ3v) is 2.28. The highest BCUT2D eigenvalue weighted by atomic mass is 16.4. The summed E-state index contributed by atoms with van der Waals surface area (Å²) in [6.07, 6.45) is 3.53. The molecule has 1 atom stereocenters. The predicted octanol–water partition coefficient (Wildman–Crippen LogP) is 1.60. The first-order valence-electron chi connectivity index (χ1n) is 4.83. The second-order valence-corrected chi connectivity index (χ2v) is 3.39. The van der Waals surface area contributed by atoms with Crippen LogP contribution in [0.5, 0.6) is 0 Å². The van der Waals surface area contributed by atoms with E-state index in [0.717, 1.165) is 5.56 Å². The fraction of sp³-hybridized carbons (Fsp3) is 0.400. The maximum Gasteiger partial charge on any atom is 0.303 e. The average molecular weight is 223 g/mol. The molecule has 1 aromatic rings. The van der Waals surface area contributed by atoms with E-state index in [9.17, 15) is 9.70 Å². The van der Waals surface area contributed by atoms with Crippen molar-refractivity contribution in [2.24, 2.45) is 5.29 Å². The molecule has 0 aliphatic rings. The van der Waals surface area contributed by atoms with Gasteiger partial charge in [0.25, 0.3) is 0 Å². The molecule has 1 N–H and O–H groups in total. The molecule has 0 aliphatic carbocycles. The molecule has 6 heteroatoms. The largest absolute Gasteiger partial charge is 0.481 e. The number of nitroso groups, excluding NO2 is 1. The van der Waals surface area contributed by atoms with Gasteiger partial charge in [-0.05, 0) is 18.1 Å². The zero-order valence-electron chi connectivity index (χ0n) is 8.91. The van der Waals surface area contributed by atoms with Gasteiger partial charge in [-0.3, -0.25) is 14.8 Å². The van der Waals surface area contributed by atoms with E-state index in [2.05, 4.69) is 10.3 Å². The summed E-state index contributed by atoms with van der Waals surface area (Å²) >= 11 is 0. The number of carboxylic acid groups (broad SMARTS) is 1. The van der Waals surface area contributed by atoms with Gasteiger partial charge in [-0.15, -0.1) is 4.91 Å². The molecule has 1 rings (SSSR count). The molecule has 16 heavy (non-hydrogen) atoms. The maximum atomic E-state index is 10.5. The highest BCUT2D eigenvalue weighted by Gasteiger charge is 2.18. The first-order chi connectivity index (χ1) is 7.65. The van der Waals surface area contributed by atoms with E-state index in [-0.39, 0.29) is 12.5 Å². The number of aromatic nitrogens is 1. The Morgan fingerprint density at radius 2 is 2.44 bits per heavy atom. The molecule has 0 unspecified atom stereocenters. The van der Waals surface area contributed by atoms with Gasteiger partial charge in [0, 0.05) is 25.9 Å². The summed E-state index contributed by atoms with van der Waals surface area (Å²) in [6.45, 7) is 0. The van der Waals surface area contributed by atoms with Crippen LogP contribution in [0.4, 0.5) is 0 Å². The normalized spacial score (nSPS) is 11.8. The minimum atomic E-state index is -0.895. The van der Waals surface area contributed by atoms with Crippen molar-refractivity contribution in [1.29, 1.82) is 0 Å². The van der Waals surface area contributed by atoms with Gasteiger partial charge in [0.2, 0.25) is 0 Å². The van der Waals surface area contributed by atoms with Crippen molar-refractivity contribution in [3.8, 4) is 0 Å². The minimum absolute atomic E-state index is 0.0145. The van der Waals surface area contributed by atoms with Gasteiger partial charge >= 0.3 is 5.97 Å². The van der Waals surface area contributed by atoms with Gasteiger partial charge < -0.3 is 5.11 Å². The summed E-state index contributed by atoms with van der Waals surface area (Å²) in [7, 11) is 1.52. The number of carboxylic acids is 1. The number of rotatable bonds is 6. The second kappa shape index (κ2) is 5.79. The van der Waals surface area contributed by atoms with Crippen LogP contribution in [-0.2, 0) is 4.79 Å². The van der Waals surface area contributed by atoms with Crippen LogP contribution in [0, 0.1) is 4.91 Å². The van der Waals surface area contributed by atoms with Gasteiger partial charge in [-0.25, -0.2) is 0 Å². The molecule has 0 bridgehead atoms. The van der Waals surface area contributed by atoms with Crippen LogP contribution in [-0.4, -0.2) is 28.1 Å². The van der Waals surface area contributed by atoms with Gasteiger partial charge in [0.15, 0.2) is 0 Å². The smallest absolute Gasteiger partial charge is 0.303 e. The molecule has 86 valence electrons. The standard InChI is InChI=1S/C10H13N3O3/c1-13(12-16)9(4-5-10(14)15)8-3-2-6-11-7-8/h2-3,6-7,9H,4-5H2,1H3,(H,14,15)/t9-/m0/s1. The first-order valence-corrected chi connectivity index (χ1v) is 4.83. The monoisotopic (exact) mass is 223 g/mol. The summed E-state index contributed by atoms with van der Waals surface area (Å²) < 4.78 is 0. The third-order valence-electron chi connectivity index (χ3n) is 2.28. The summed E-state index contributed by atoms with van der Waals surface area (Å²) in [6, 6.07) is 3.19. The molecule has 0 aromatic carbocycles. The van der Waals surface area contributed by atoms with Gasteiger partial charge in [0.05, 0.1) is 11.3 Å². The molecule has 1 heterocycles. The summed E-state index contributed by atoms with van der Waals surface area (Å²) in [5.74, 6) is -0.895. The molecule has 1 aromatic heterocycles. The minimum Gasteiger partial charge on any atom is -0.481 e. The summed E-state index contributed by atoms with van der Waals surface area (Å²) in [4.78, 5) is 24.9. The van der Waals surface area contributed by atoms with E-state index in [1.165, 1.54) is 12.1 Å². The number of carbonyl (C=O) groups is 1. The van der Waals surface area contributed by atoms with E-state index in [0.29, 0.717) is 6.42 Å². The van der Waals surface area contributed by atoms with Crippen molar-refractivity contribution in [2.45, 2.75) is 18.9 Å². The lowest BCUT2D eigenvalue weighted by Crippen LogP contribution is -2.19. The third kappa shape index (κ3) is 3.30. The highest BCUT2D eigenvalue weighted by molar-refractivity contribution is 5.66. The number of nitrogens with zero attached hydrogens (tertiary/aromatic N) is 3. The lowest BCUT2D eigenvalue weighted by atomic mass is 10.0. The number of pyridine rings is 1. The Bertz CT molecular complexity index is 356. The Kier molecular flexibility index (Phi) is 4.38. The van der Waals surface area contributed by atoms with Crippen molar-refractivity contribution >= 4 is 5.97 Å². The number of hydrogen-bond donors (Lipinski definition) is 1. The topological polar surface area (TPSA) is 82.9 Å². The lowest BCUT2D eigenvalue weighted by Gasteiger charge is -2.22. The zero-order valence-corrected chi connectivity index (χ0v) is 8.91. The first kappa shape index (κ1) is 12.1. The summed E-state index contributed by atoms with van der Waals surface area (Å²) in [5, 5.41) is 12.6. The van der Waals surface area contributed by atoms with Crippen LogP contribution in [0.15, 0.2) is 29.8 Å². The Morgan fingerprint density at radius 1 is 1.69 bits per heavy atom. The van der Waals surface area contributed by atoms with E-state index in [1.54, 1.807) is 24.5 Å². The fourth-order valence-corrected chi connectivity index (χ4v) is 1.46. The quantitative estimate of drug-likeness (QED) is 0.585. The van der Waals surface area contributed by atoms with Crippen molar-refractivity contribution in [1.82, 2.24) is 9.99 Å². The van der Waals surface area contributed by atoms with Crippen LogP contribution < -0.4 is 0 Å². The molecule has 0 amide bonds. The van der Waals surface area contributed by atoms with Crippen LogP contribution in [0.3, 0.4) is 0 Å². The average Bonchev–Trinajstić information content (AvgIpc) is 2.30. The molecule has 0 aliphatic heterocycles. The fourth-order valence-electron chi connectivity index (χ4n) is 1.46. The van der Waals surface area contributed by atoms with Crippen LogP contribution in [0.1, 0.15) is 24.4 Å². The zero-order chi connectivity index (χ0) is 12.0. The van der Waals surface area contributed by atoms with Gasteiger partial charge in [0.1, 0.15) is 0 Å². The van der Waals surface area contributed by atoms with Gasteiger partial charge in [-0.1, -0.05) is 6.07 Å². The van der Waals surface area contributed by atoms with Gasteiger partial charge in [-0.2, -0.15) is 0 Å². The molecule has 0 fully saturated rings. The van der Waals surface area contributed by atoms with Crippen LogP contribution in [0.2, 0.25) is 0 Å². The Labute approximate surface area is 92.9 Å². The molecular weight excluding hydrogens is 210 g/mol. The van der Waals surface area contributed by atoms with Crippen molar-refractivity contribution in [3.63, 3.8) is 0 Å². The Hall–Kier alpha value is -1.98. The van der Waals surface area contributed by atoms with Crippen molar-refractivity contribution in [3.05, 3.63) is 35.0 Å². The molecule has 0 saturated carbocycles. The summed E-state index contributed by atoms with van der Waals surface area (Å²) in [5.41, 5.74) is 0.783. The molecular formula is C10H13N3O3. The SMILES string of the molecule is CN(N=O)[C@@H](CCC(=O)O)c1cccnc1. The predicted molar refractivity (Wildman–Crippen MR) is 57.4 cm³/mol. The van der Waals surface area contributed by atoms with E-state index in [1.807, 2.05) is 0 Å². The maximum absolute atomic E-state index is 10.5. The molecule has 0 saturated heterocycles. The molecule has 0 spiro atoms. The number of aliphatic carboxylic acids is 1. The van der Waals surface area contributed by atoms with E-state index in [4.69, 9.17) is 5.11 Å². The number of hydrogen-bond acceptors (Lipinski definition) is 4. The second-order valence-electron chi connectivity index (χ2n) is 3.39. The lowest BCUT2D eigenvalue weighted by molar-refractivity contribution is -0.137. The van der Waals surface area contributed by atoms with E-state index < -0.39 is 5.97 Å². The van der Waals surface area contributed by atoms with Crippen molar-refractivity contribution < 1.29 is 9.90 Å².